The number of nitrogens with two attached hydrogens (primary N) is 1. The van der Waals surface area contributed by atoms with Crippen molar-refractivity contribution in [2.75, 3.05) is 0 Å². The van der Waals surface area contributed by atoms with Crippen LogP contribution in [0.25, 0.3) is 10.8 Å². The van der Waals surface area contributed by atoms with E-state index in [0.717, 1.165) is 10.8 Å². The van der Waals surface area contributed by atoms with Crippen LogP contribution < -0.4 is 11.3 Å². The van der Waals surface area contributed by atoms with E-state index in [9.17, 15) is 13.2 Å². The number of rotatable bonds is 4. The number of hydrogen-bond donors (Lipinski definition) is 2. The van der Waals surface area contributed by atoms with Crippen molar-refractivity contribution in [2.45, 2.75) is 25.1 Å². The lowest BCUT2D eigenvalue weighted by Gasteiger charge is -2.18. The smallest absolute Gasteiger partial charge is 0.271 e. The Hall–Kier alpha value is -1.66. The highest BCUT2D eigenvalue weighted by Crippen LogP contribution is 2.30. The quantitative estimate of drug-likeness (QED) is 0.662. The minimum atomic E-state index is -4.19. The predicted octanol–water partition coefficient (Wildman–Crippen LogP) is 3.08. The number of fused-ring (bicyclic) bond motifs is 1. The Bertz CT molecular complexity index is 549. The predicted molar refractivity (Wildman–Crippen MR) is 67.1 cm³/mol. The van der Waals surface area contributed by atoms with Gasteiger partial charge in [-0.15, -0.1) is 0 Å². The minimum Gasteiger partial charge on any atom is -0.271 e. The van der Waals surface area contributed by atoms with Gasteiger partial charge in [-0.05, 0) is 17.4 Å². The van der Waals surface area contributed by atoms with Gasteiger partial charge in [-0.25, -0.2) is 0 Å². The van der Waals surface area contributed by atoms with Gasteiger partial charge in [-0.2, -0.15) is 13.2 Å². The van der Waals surface area contributed by atoms with Crippen LogP contribution in [0.1, 0.15) is 24.4 Å². The van der Waals surface area contributed by atoms with Crippen LogP contribution in [-0.4, -0.2) is 11.2 Å². The number of nitrogens with one attached hydrogen (secondary N) is 1. The summed E-state index contributed by atoms with van der Waals surface area (Å²) in [4.78, 5) is 4.05. The summed E-state index contributed by atoms with van der Waals surface area (Å²) in [7, 11) is 0. The number of nitrogens with zero attached hydrogens (tertiary/aromatic N) is 1. The molecule has 6 heteroatoms. The van der Waals surface area contributed by atoms with Crippen LogP contribution in [0.4, 0.5) is 13.2 Å². The number of benzene rings is 1. The van der Waals surface area contributed by atoms with Crippen LogP contribution in [0.15, 0.2) is 36.7 Å². The second-order valence-electron chi connectivity index (χ2n) is 4.32. The van der Waals surface area contributed by atoms with Crippen molar-refractivity contribution in [1.29, 1.82) is 0 Å². The molecule has 0 saturated carbocycles. The first-order valence-corrected chi connectivity index (χ1v) is 5.87. The number of alkyl halides is 3. The van der Waals surface area contributed by atoms with Crippen LogP contribution in [0.5, 0.6) is 0 Å². The van der Waals surface area contributed by atoms with Gasteiger partial charge in [-0.1, -0.05) is 24.3 Å². The van der Waals surface area contributed by atoms with Crippen LogP contribution in [0.3, 0.4) is 0 Å². The average Bonchev–Trinajstić information content (AvgIpc) is 2.38. The fourth-order valence-electron chi connectivity index (χ4n) is 2.05. The first-order chi connectivity index (χ1) is 9.01. The van der Waals surface area contributed by atoms with Gasteiger partial charge < -0.3 is 0 Å². The van der Waals surface area contributed by atoms with Gasteiger partial charge in [0.2, 0.25) is 0 Å². The zero-order valence-corrected chi connectivity index (χ0v) is 10.1. The Morgan fingerprint density at radius 2 is 1.95 bits per heavy atom. The second-order valence-corrected chi connectivity index (χ2v) is 4.32. The molecule has 1 aromatic carbocycles. The Kier molecular flexibility index (Phi) is 4.01. The lowest BCUT2D eigenvalue weighted by molar-refractivity contribution is -0.136. The van der Waals surface area contributed by atoms with Crippen molar-refractivity contribution in [2.24, 2.45) is 5.84 Å². The third kappa shape index (κ3) is 3.42. The van der Waals surface area contributed by atoms with Gasteiger partial charge in [0.15, 0.2) is 0 Å². The third-order valence-electron chi connectivity index (χ3n) is 2.99. The van der Waals surface area contributed by atoms with E-state index in [0.29, 0.717) is 5.56 Å². The molecule has 1 aromatic heterocycles. The van der Waals surface area contributed by atoms with Crippen LogP contribution in [0.2, 0.25) is 0 Å². The standard InChI is InChI=1S/C13H14F3N3/c14-13(15,16)6-5-12(19-17)11-8-18-7-9-3-1-2-4-10(9)11/h1-4,7-8,12,19H,5-6,17H2. The van der Waals surface area contributed by atoms with Crippen molar-refractivity contribution in [3.63, 3.8) is 0 Å². The van der Waals surface area contributed by atoms with Gasteiger partial charge in [-0.3, -0.25) is 16.3 Å². The average molecular weight is 269 g/mol. The normalized spacial score (nSPS) is 13.7. The summed E-state index contributed by atoms with van der Waals surface area (Å²) in [6.45, 7) is 0. The largest absolute Gasteiger partial charge is 0.389 e. The second kappa shape index (κ2) is 5.54. The number of halogens is 3. The lowest BCUT2D eigenvalue weighted by atomic mass is 9.98. The van der Waals surface area contributed by atoms with Crippen LogP contribution in [-0.2, 0) is 0 Å². The van der Waals surface area contributed by atoms with E-state index in [-0.39, 0.29) is 6.42 Å². The number of hydrogen-bond acceptors (Lipinski definition) is 3. The molecule has 102 valence electrons. The zero-order chi connectivity index (χ0) is 13.9. The van der Waals surface area contributed by atoms with E-state index in [1.165, 1.54) is 0 Å². The van der Waals surface area contributed by atoms with E-state index < -0.39 is 18.6 Å². The topological polar surface area (TPSA) is 50.9 Å². The molecule has 19 heavy (non-hydrogen) atoms. The lowest BCUT2D eigenvalue weighted by Crippen LogP contribution is -2.29. The van der Waals surface area contributed by atoms with Crippen molar-refractivity contribution in [3.8, 4) is 0 Å². The van der Waals surface area contributed by atoms with Gasteiger partial charge in [0, 0.05) is 30.2 Å². The summed E-state index contributed by atoms with van der Waals surface area (Å²) in [5, 5.41) is 1.75. The molecule has 3 nitrogen and oxygen atoms in total. The van der Waals surface area contributed by atoms with Crippen molar-refractivity contribution < 1.29 is 13.2 Å². The maximum Gasteiger partial charge on any atom is 0.389 e. The zero-order valence-electron chi connectivity index (χ0n) is 10.1. The maximum absolute atomic E-state index is 12.3. The molecule has 0 aliphatic heterocycles. The fraction of sp³-hybridized carbons (Fsp3) is 0.308. The maximum atomic E-state index is 12.3. The third-order valence-corrected chi connectivity index (χ3v) is 2.99. The molecule has 0 fully saturated rings. The van der Waals surface area contributed by atoms with Gasteiger partial charge in [0.1, 0.15) is 0 Å². The van der Waals surface area contributed by atoms with Crippen molar-refractivity contribution in [1.82, 2.24) is 10.4 Å². The first-order valence-electron chi connectivity index (χ1n) is 5.87. The minimum absolute atomic E-state index is 0.115. The molecule has 0 saturated heterocycles. The summed E-state index contributed by atoms with van der Waals surface area (Å²) in [5.41, 5.74) is 3.13. The molecule has 2 rings (SSSR count). The van der Waals surface area contributed by atoms with Gasteiger partial charge >= 0.3 is 6.18 Å². The van der Waals surface area contributed by atoms with Crippen LogP contribution in [0, 0.1) is 0 Å². The van der Waals surface area contributed by atoms with Crippen molar-refractivity contribution >= 4 is 10.8 Å². The van der Waals surface area contributed by atoms with Gasteiger partial charge in [0.05, 0.1) is 0 Å². The highest BCUT2D eigenvalue weighted by molar-refractivity contribution is 5.85. The molecular weight excluding hydrogens is 255 g/mol. The van der Waals surface area contributed by atoms with E-state index in [1.54, 1.807) is 12.4 Å². The summed E-state index contributed by atoms with van der Waals surface area (Å²) < 4.78 is 36.9. The highest BCUT2D eigenvalue weighted by atomic mass is 19.4. The van der Waals surface area contributed by atoms with Crippen LogP contribution >= 0.6 is 0 Å². The van der Waals surface area contributed by atoms with E-state index >= 15 is 0 Å². The van der Waals surface area contributed by atoms with E-state index in [4.69, 9.17) is 5.84 Å². The molecule has 0 amide bonds. The summed E-state index contributed by atoms with van der Waals surface area (Å²) in [5.74, 6) is 5.38. The molecular formula is C13H14F3N3. The molecule has 1 unspecified atom stereocenters. The molecule has 0 bridgehead atoms. The molecule has 0 radical (unpaired) electrons. The monoisotopic (exact) mass is 269 g/mol. The van der Waals surface area contributed by atoms with Crippen molar-refractivity contribution in [3.05, 3.63) is 42.2 Å². The Labute approximate surface area is 108 Å². The first kappa shape index (κ1) is 13.8. The summed E-state index contributed by atoms with van der Waals surface area (Å²) in [6.07, 6.45) is -1.95. The van der Waals surface area contributed by atoms with E-state index in [2.05, 4.69) is 10.4 Å². The van der Waals surface area contributed by atoms with Gasteiger partial charge in [0.25, 0.3) is 0 Å². The number of hydrazine groups is 1. The molecule has 2 aromatic rings. The molecule has 0 aliphatic carbocycles. The molecule has 1 heterocycles. The Balaban J connectivity index is 2.30. The SMILES string of the molecule is NNC(CCC(F)(F)F)c1cncc2ccccc12. The number of aromatic nitrogens is 1. The molecule has 0 spiro atoms. The molecule has 0 aliphatic rings. The fourth-order valence-corrected chi connectivity index (χ4v) is 2.05. The molecule has 3 N–H and O–H groups in total. The summed E-state index contributed by atoms with van der Waals surface area (Å²) in [6, 6.07) is 6.84. The summed E-state index contributed by atoms with van der Waals surface area (Å²) >= 11 is 0. The molecule has 1 atom stereocenters. The highest BCUT2D eigenvalue weighted by Gasteiger charge is 2.28. The van der Waals surface area contributed by atoms with E-state index in [1.807, 2.05) is 24.3 Å². The number of pyridine rings is 1. The Morgan fingerprint density at radius 1 is 1.21 bits per heavy atom. The Morgan fingerprint density at radius 3 is 2.63 bits per heavy atom.